The Hall–Kier alpha value is -2.54. The van der Waals surface area contributed by atoms with Gasteiger partial charge in [0.05, 0.1) is 22.8 Å². The molecule has 26 heavy (non-hydrogen) atoms. The molecule has 2 aliphatic rings. The summed E-state index contributed by atoms with van der Waals surface area (Å²) >= 11 is 6.03. The van der Waals surface area contributed by atoms with Gasteiger partial charge in [-0.3, -0.25) is 9.78 Å². The van der Waals surface area contributed by atoms with Crippen molar-refractivity contribution in [2.24, 2.45) is 5.92 Å². The molecular weight excluding hydrogens is 359 g/mol. The molecule has 1 fully saturated rings. The van der Waals surface area contributed by atoms with Gasteiger partial charge in [-0.15, -0.1) is 0 Å². The Morgan fingerprint density at radius 3 is 2.96 bits per heavy atom. The number of nitrogens with one attached hydrogen (secondary N) is 1. The Bertz CT molecular complexity index is 918. The van der Waals surface area contributed by atoms with Crippen LogP contribution in [0.4, 0.5) is 10.2 Å². The highest BCUT2D eigenvalue weighted by Crippen LogP contribution is 2.33. The van der Waals surface area contributed by atoms with Crippen LogP contribution >= 0.6 is 11.6 Å². The minimum absolute atomic E-state index is 0.0255. The molecule has 0 saturated heterocycles. The predicted octanol–water partition coefficient (Wildman–Crippen LogP) is 3.32. The number of pyridine rings is 1. The van der Waals surface area contributed by atoms with Crippen LogP contribution in [0.5, 0.6) is 0 Å². The fourth-order valence-corrected chi connectivity index (χ4v) is 3.74. The molecule has 0 amide bonds. The second kappa shape index (κ2) is 6.64. The fraction of sp³-hybridized carbons (Fsp3) is 0.333. The quantitative estimate of drug-likeness (QED) is 0.853. The number of fused-ring (bicyclic) bond motifs is 1. The average molecular weight is 375 g/mol. The number of hydrogen-bond acceptors (Lipinski definition) is 5. The molecule has 0 aromatic carbocycles. The molecule has 1 saturated carbocycles. The van der Waals surface area contributed by atoms with Crippen molar-refractivity contribution in [1.29, 1.82) is 0 Å². The van der Waals surface area contributed by atoms with Crippen molar-refractivity contribution in [3.05, 3.63) is 52.5 Å². The van der Waals surface area contributed by atoms with Crippen LogP contribution in [0, 0.1) is 11.7 Å². The average Bonchev–Trinajstić information content (AvgIpc) is 3.23. The molecule has 2 N–H and O–H groups in total. The molecule has 0 bridgehead atoms. The summed E-state index contributed by atoms with van der Waals surface area (Å²) < 4.78 is 14.2. The van der Waals surface area contributed by atoms with Gasteiger partial charge in [0.25, 0.3) is 0 Å². The highest BCUT2D eigenvalue weighted by atomic mass is 35.5. The van der Waals surface area contributed by atoms with Crippen LogP contribution in [0.1, 0.15) is 36.3 Å². The third-order valence-corrected chi connectivity index (χ3v) is 5.07. The molecule has 0 aliphatic heterocycles. The van der Waals surface area contributed by atoms with Crippen molar-refractivity contribution in [2.75, 3.05) is 5.32 Å². The number of allylic oxidation sites excluding steroid dienone is 1. The number of rotatable bonds is 4. The van der Waals surface area contributed by atoms with E-state index in [0.29, 0.717) is 30.1 Å². The van der Waals surface area contributed by atoms with E-state index in [0.717, 1.165) is 29.4 Å². The first-order valence-corrected chi connectivity index (χ1v) is 8.78. The summed E-state index contributed by atoms with van der Waals surface area (Å²) in [6.07, 6.45) is 7.29. The van der Waals surface area contributed by atoms with Crippen molar-refractivity contribution in [3.8, 4) is 0 Å². The number of carboxylic acid groups (broad SMARTS) is 1. The van der Waals surface area contributed by atoms with E-state index in [1.165, 1.54) is 0 Å². The van der Waals surface area contributed by atoms with Gasteiger partial charge in [-0.2, -0.15) is 0 Å². The van der Waals surface area contributed by atoms with E-state index in [4.69, 9.17) is 11.6 Å². The Morgan fingerprint density at radius 1 is 1.31 bits per heavy atom. The van der Waals surface area contributed by atoms with E-state index < -0.39 is 17.7 Å². The van der Waals surface area contributed by atoms with Crippen molar-refractivity contribution >= 4 is 29.0 Å². The van der Waals surface area contributed by atoms with E-state index >= 15 is 0 Å². The Balaban J connectivity index is 1.64. The summed E-state index contributed by atoms with van der Waals surface area (Å²) in [5, 5.41) is 12.8. The van der Waals surface area contributed by atoms with E-state index in [2.05, 4.69) is 20.3 Å². The number of halogens is 2. The summed E-state index contributed by atoms with van der Waals surface area (Å²) in [5.74, 6) is -1.63. The standard InChI is InChI=1S/C18H16ClFN4O2/c19-9-6-12-10(4-5-14(12)21-7-9)16-22-8-13(20)17(24-16)23-15-3-1-2-11(15)18(25)26/h4,6-8,11,15H,1-3,5H2,(H,25,26)(H,22,23,24)/t11-,15+/m0/s1. The second-order valence-corrected chi connectivity index (χ2v) is 6.92. The van der Waals surface area contributed by atoms with Gasteiger partial charge in [-0.25, -0.2) is 14.4 Å². The number of carboxylic acids is 1. The highest BCUT2D eigenvalue weighted by molar-refractivity contribution is 6.30. The second-order valence-electron chi connectivity index (χ2n) is 6.49. The zero-order valence-corrected chi connectivity index (χ0v) is 14.5. The first-order valence-electron chi connectivity index (χ1n) is 8.40. The monoisotopic (exact) mass is 374 g/mol. The minimum atomic E-state index is -0.872. The van der Waals surface area contributed by atoms with Gasteiger partial charge in [0.2, 0.25) is 0 Å². The van der Waals surface area contributed by atoms with E-state index in [9.17, 15) is 14.3 Å². The molecule has 8 heteroatoms. The minimum Gasteiger partial charge on any atom is -0.481 e. The summed E-state index contributed by atoms with van der Waals surface area (Å²) in [6.45, 7) is 0. The lowest BCUT2D eigenvalue weighted by molar-refractivity contribution is -0.141. The Kier molecular flexibility index (Phi) is 4.32. The number of nitrogens with zero attached hydrogens (tertiary/aromatic N) is 3. The molecule has 0 spiro atoms. The van der Waals surface area contributed by atoms with Gasteiger partial charge in [-0.1, -0.05) is 24.1 Å². The maximum absolute atomic E-state index is 14.2. The molecule has 0 unspecified atom stereocenters. The van der Waals surface area contributed by atoms with E-state index in [1.807, 2.05) is 6.08 Å². The zero-order valence-electron chi connectivity index (χ0n) is 13.7. The van der Waals surface area contributed by atoms with Crippen molar-refractivity contribution in [2.45, 2.75) is 31.7 Å². The smallest absolute Gasteiger partial charge is 0.308 e. The van der Waals surface area contributed by atoms with Gasteiger partial charge >= 0.3 is 5.97 Å². The van der Waals surface area contributed by atoms with Crippen LogP contribution in [-0.4, -0.2) is 32.1 Å². The molecule has 2 aliphatic carbocycles. The molecule has 6 nitrogen and oxygen atoms in total. The van der Waals surface area contributed by atoms with Crippen LogP contribution in [0.15, 0.2) is 24.5 Å². The third-order valence-electron chi connectivity index (χ3n) is 4.87. The third kappa shape index (κ3) is 3.03. The van der Waals surface area contributed by atoms with Crippen LogP contribution in [0.3, 0.4) is 0 Å². The molecular formula is C18H16ClFN4O2. The maximum Gasteiger partial charge on any atom is 0.308 e. The number of carbonyl (C=O) groups is 1. The van der Waals surface area contributed by atoms with Gasteiger partial charge < -0.3 is 10.4 Å². The van der Waals surface area contributed by atoms with Gasteiger partial charge in [0.1, 0.15) is 0 Å². The number of anilines is 1. The number of hydrogen-bond donors (Lipinski definition) is 2. The summed E-state index contributed by atoms with van der Waals surface area (Å²) in [4.78, 5) is 24.0. The van der Waals surface area contributed by atoms with Crippen LogP contribution in [0.25, 0.3) is 5.57 Å². The lowest BCUT2D eigenvalue weighted by Crippen LogP contribution is -2.30. The zero-order chi connectivity index (χ0) is 18.3. The van der Waals surface area contributed by atoms with Crippen molar-refractivity contribution < 1.29 is 14.3 Å². The molecule has 2 heterocycles. The topological polar surface area (TPSA) is 88.0 Å². The van der Waals surface area contributed by atoms with E-state index in [1.54, 1.807) is 12.3 Å². The maximum atomic E-state index is 14.2. The molecule has 4 rings (SSSR count). The predicted molar refractivity (Wildman–Crippen MR) is 94.4 cm³/mol. The normalized spacial score (nSPS) is 21.4. The summed E-state index contributed by atoms with van der Waals surface area (Å²) in [7, 11) is 0. The first-order chi connectivity index (χ1) is 12.5. The van der Waals surface area contributed by atoms with Crippen LogP contribution < -0.4 is 5.32 Å². The fourth-order valence-electron chi connectivity index (χ4n) is 3.59. The van der Waals surface area contributed by atoms with Crippen LogP contribution in [-0.2, 0) is 11.2 Å². The SMILES string of the molecule is O=C(O)[C@H]1CCC[C@H]1Nc1nc(C2=CCc3ncc(Cl)cc32)ncc1F. The number of aromatic nitrogens is 3. The molecule has 2 aromatic rings. The molecule has 0 radical (unpaired) electrons. The largest absolute Gasteiger partial charge is 0.481 e. The van der Waals surface area contributed by atoms with Gasteiger partial charge in [0, 0.05) is 29.8 Å². The molecule has 2 aromatic heterocycles. The van der Waals surface area contributed by atoms with Crippen LogP contribution in [0.2, 0.25) is 5.02 Å². The highest BCUT2D eigenvalue weighted by Gasteiger charge is 2.33. The number of aliphatic carboxylic acids is 1. The molecule has 2 atom stereocenters. The van der Waals surface area contributed by atoms with Gasteiger partial charge in [0.15, 0.2) is 17.5 Å². The van der Waals surface area contributed by atoms with Crippen molar-refractivity contribution in [1.82, 2.24) is 15.0 Å². The van der Waals surface area contributed by atoms with Crippen molar-refractivity contribution in [3.63, 3.8) is 0 Å². The lowest BCUT2D eigenvalue weighted by atomic mass is 10.0. The Labute approximate surface area is 154 Å². The summed E-state index contributed by atoms with van der Waals surface area (Å²) in [6, 6.07) is 1.45. The van der Waals surface area contributed by atoms with E-state index in [-0.39, 0.29) is 11.9 Å². The lowest BCUT2D eigenvalue weighted by Gasteiger charge is -2.19. The first kappa shape index (κ1) is 16.9. The van der Waals surface area contributed by atoms with Gasteiger partial charge in [-0.05, 0) is 18.9 Å². The molecule has 134 valence electrons. The summed E-state index contributed by atoms with van der Waals surface area (Å²) in [5.41, 5.74) is 2.45. The Morgan fingerprint density at radius 2 is 2.15 bits per heavy atom.